The van der Waals surface area contributed by atoms with Crippen molar-refractivity contribution in [1.82, 2.24) is 10.2 Å². The van der Waals surface area contributed by atoms with Crippen LogP contribution in [-0.4, -0.2) is 52.8 Å². The fourth-order valence-electron chi connectivity index (χ4n) is 3.52. The SMILES string of the molecule is CN=C(NCc1cccc(N(C)C)c1)N1CCc2cc(OC)c(OC)cc2C1.I. The van der Waals surface area contributed by atoms with Crippen molar-refractivity contribution in [3.8, 4) is 11.5 Å². The molecule has 0 saturated heterocycles. The van der Waals surface area contributed by atoms with Gasteiger partial charge in [0, 0.05) is 46.5 Å². The Morgan fingerprint density at radius 1 is 1.10 bits per heavy atom. The van der Waals surface area contributed by atoms with E-state index in [-0.39, 0.29) is 24.0 Å². The molecule has 0 fully saturated rings. The third-order valence-electron chi connectivity index (χ3n) is 5.11. The van der Waals surface area contributed by atoms with Gasteiger partial charge in [-0.2, -0.15) is 0 Å². The molecule has 0 aliphatic carbocycles. The number of nitrogens with one attached hydrogen (secondary N) is 1. The Morgan fingerprint density at radius 2 is 1.79 bits per heavy atom. The van der Waals surface area contributed by atoms with Crippen LogP contribution in [0.5, 0.6) is 11.5 Å². The van der Waals surface area contributed by atoms with Crippen molar-refractivity contribution < 1.29 is 9.47 Å². The van der Waals surface area contributed by atoms with E-state index in [4.69, 9.17) is 9.47 Å². The topological polar surface area (TPSA) is 49.3 Å². The Balaban J connectivity index is 0.00000300. The third-order valence-corrected chi connectivity index (χ3v) is 5.11. The van der Waals surface area contributed by atoms with E-state index in [1.54, 1.807) is 14.2 Å². The van der Waals surface area contributed by atoms with Gasteiger partial charge in [0.2, 0.25) is 0 Å². The van der Waals surface area contributed by atoms with E-state index in [0.29, 0.717) is 0 Å². The second kappa shape index (κ2) is 10.6. The van der Waals surface area contributed by atoms with Crippen LogP contribution in [0.25, 0.3) is 0 Å². The highest BCUT2D eigenvalue weighted by molar-refractivity contribution is 14.0. The average molecular weight is 510 g/mol. The van der Waals surface area contributed by atoms with Gasteiger partial charge < -0.3 is 24.6 Å². The predicted octanol–water partition coefficient (Wildman–Crippen LogP) is 3.52. The number of aliphatic imine (C=N–C) groups is 1. The molecule has 2 aromatic rings. The van der Waals surface area contributed by atoms with Gasteiger partial charge in [0.15, 0.2) is 17.5 Å². The fraction of sp³-hybridized carbons (Fsp3) is 0.409. The van der Waals surface area contributed by atoms with Crippen LogP contribution < -0.4 is 19.7 Å². The summed E-state index contributed by atoms with van der Waals surface area (Å²) < 4.78 is 10.9. The van der Waals surface area contributed by atoms with Crippen molar-refractivity contribution in [3.05, 3.63) is 53.1 Å². The van der Waals surface area contributed by atoms with Crippen LogP contribution in [0.2, 0.25) is 0 Å². The smallest absolute Gasteiger partial charge is 0.194 e. The monoisotopic (exact) mass is 510 g/mol. The van der Waals surface area contributed by atoms with E-state index in [1.165, 1.54) is 22.4 Å². The number of benzene rings is 2. The summed E-state index contributed by atoms with van der Waals surface area (Å²) in [6.07, 6.45) is 0.951. The largest absolute Gasteiger partial charge is 0.493 e. The van der Waals surface area contributed by atoms with Gasteiger partial charge in [-0.15, -0.1) is 24.0 Å². The van der Waals surface area contributed by atoms with Crippen LogP contribution in [0.3, 0.4) is 0 Å². The molecule has 6 nitrogen and oxygen atoms in total. The molecule has 7 heteroatoms. The molecule has 3 rings (SSSR count). The number of hydrogen-bond donors (Lipinski definition) is 1. The van der Waals surface area contributed by atoms with E-state index in [9.17, 15) is 0 Å². The Hall–Kier alpha value is -2.16. The maximum absolute atomic E-state index is 5.47. The van der Waals surface area contributed by atoms with Crippen LogP contribution in [0.15, 0.2) is 41.4 Å². The first kappa shape index (κ1) is 23.1. The molecule has 158 valence electrons. The lowest BCUT2D eigenvalue weighted by atomic mass is 9.99. The van der Waals surface area contributed by atoms with Gasteiger partial charge in [0.1, 0.15) is 0 Å². The minimum Gasteiger partial charge on any atom is -0.493 e. The maximum Gasteiger partial charge on any atom is 0.194 e. The first-order chi connectivity index (χ1) is 13.5. The van der Waals surface area contributed by atoms with E-state index >= 15 is 0 Å². The molecule has 0 amide bonds. The van der Waals surface area contributed by atoms with E-state index in [2.05, 4.69) is 70.6 Å². The first-order valence-corrected chi connectivity index (χ1v) is 9.51. The molecule has 2 aromatic carbocycles. The lowest BCUT2D eigenvalue weighted by molar-refractivity contribution is 0.346. The Labute approximate surface area is 190 Å². The highest BCUT2D eigenvalue weighted by atomic mass is 127. The fourth-order valence-corrected chi connectivity index (χ4v) is 3.52. The summed E-state index contributed by atoms with van der Waals surface area (Å²) in [5, 5.41) is 3.50. The third kappa shape index (κ3) is 5.46. The number of fused-ring (bicyclic) bond motifs is 1. The number of anilines is 1. The minimum atomic E-state index is 0. The van der Waals surface area contributed by atoms with Crippen molar-refractivity contribution in [2.24, 2.45) is 4.99 Å². The predicted molar refractivity (Wildman–Crippen MR) is 130 cm³/mol. The molecule has 0 spiro atoms. The van der Waals surface area contributed by atoms with Crippen molar-refractivity contribution in [2.75, 3.05) is 46.8 Å². The standard InChI is InChI=1S/C22H30N4O2.HI/c1-23-22(24-14-16-7-6-8-19(11-16)25(2)3)26-10-9-17-12-20(27-4)21(28-5)13-18(17)15-26;/h6-8,11-13H,9-10,14-15H2,1-5H3,(H,23,24);1H. The molecule has 0 radical (unpaired) electrons. The number of ether oxygens (including phenoxy) is 2. The van der Waals surface area contributed by atoms with Gasteiger partial charge in [-0.1, -0.05) is 12.1 Å². The van der Waals surface area contributed by atoms with Crippen LogP contribution in [0.1, 0.15) is 16.7 Å². The van der Waals surface area contributed by atoms with Crippen LogP contribution >= 0.6 is 24.0 Å². The van der Waals surface area contributed by atoms with Gasteiger partial charge in [0.25, 0.3) is 0 Å². The molecule has 0 unspecified atom stereocenters. The summed E-state index contributed by atoms with van der Waals surface area (Å²) in [6, 6.07) is 12.7. The summed E-state index contributed by atoms with van der Waals surface area (Å²) >= 11 is 0. The zero-order valence-electron chi connectivity index (χ0n) is 17.9. The second-order valence-electron chi connectivity index (χ2n) is 7.11. The molecule has 29 heavy (non-hydrogen) atoms. The normalized spacial score (nSPS) is 13.3. The summed E-state index contributed by atoms with van der Waals surface area (Å²) in [7, 11) is 9.30. The van der Waals surface area contributed by atoms with Gasteiger partial charge in [-0.25, -0.2) is 0 Å². The van der Waals surface area contributed by atoms with Crippen LogP contribution in [0, 0.1) is 0 Å². The second-order valence-corrected chi connectivity index (χ2v) is 7.11. The Bertz CT molecular complexity index is 855. The number of hydrogen-bond acceptors (Lipinski definition) is 4. The summed E-state index contributed by atoms with van der Waals surface area (Å²) in [5.74, 6) is 2.47. The lowest BCUT2D eigenvalue weighted by Crippen LogP contribution is -2.43. The molecule has 0 saturated carbocycles. The summed E-state index contributed by atoms with van der Waals surface area (Å²) in [4.78, 5) is 8.89. The number of rotatable bonds is 5. The molecular weight excluding hydrogens is 479 g/mol. The van der Waals surface area contributed by atoms with Crippen LogP contribution in [0.4, 0.5) is 5.69 Å². The van der Waals surface area contributed by atoms with Crippen molar-refractivity contribution in [2.45, 2.75) is 19.5 Å². The molecule has 1 N–H and O–H groups in total. The first-order valence-electron chi connectivity index (χ1n) is 9.51. The number of halogens is 1. The lowest BCUT2D eigenvalue weighted by Gasteiger charge is -2.32. The molecule has 0 aromatic heterocycles. The zero-order valence-corrected chi connectivity index (χ0v) is 20.2. The molecule has 0 bridgehead atoms. The Morgan fingerprint density at radius 3 is 2.41 bits per heavy atom. The van der Waals surface area contributed by atoms with E-state index in [0.717, 1.165) is 43.5 Å². The zero-order chi connectivity index (χ0) is 20.1. The molecule has 1 aliphatic rings. The summed E-state index contributed by atoms with van der Waals surface area (Å²) in [6.45, 7) is 2.45. The van der Waals surface area contributed by atoms with Crippen molar-refractivity contribution in [3.63, 3.8) is 0 Å². The average Bonchev–Trinajstić information content (AvgIpc) is 2.73. The van der Waals surface area contributed by atoms with Crippen molar-refractivity contribution in [1.29, 1.82) is 0 Å². The van der Waals surface area contributed by atoms with E-state index < -0.39 is 0 Å². The quantitative estimate of drug-likeness (QED) is 0.379. The van der Waals surface area contributed by atoms with Gasteiger partial charge >= 0.3 is 0 Å². The molecule has 1 aliphatic heterocycles. The van der Waals surface area contributed by atoms with Crippen LogP contribution in [-0.2, 0) is 19.5 Å². The minimum absolute atomic E-state index is 0. The van der Waals surface area contributed by atoms with Gasteiger partial charge in [0.05, 0.1) is 14.2 Å². The highest BCUT2D eigenvalue weighted by Gasteiger charge is 2.21. The molecule has 0 atom stereocenters. The molecule has 1 heterocycles. The Kier molecular flexibility index (Phi) is 8.43. The number of nitrogens with zero attached hydrogens (tertiary/aromatic N) is 3. The van der Waals surface area contributed by atoms with E-state index in [1.807, 2.05) is 7.05 Å². The van der Waals surface area contributed by atoms with Gasteiger partial charge in [-0.3, -0.25) is 4.99 Å². The van der Waals surface area contributed by atoms with Gasteiger partial charge in [-0.05, 0) is 47.4 Å². The maximum atomic E-state index is 5.47. The number of methoxy groups -OCH3 is 2. The van der Waals surface area contributed by atoms with Crippen molar-refractivity contribution >= 4 is 35.6 Å². The number of guanidine groups is 1. The summed E-state index contributed by atoms with van der Waals surface area (Å²) in [5.41, 5.74) is 4.99. The highest BCUT2D eigenvalue weighted by Crippen LogP contribution is 2.33. The molecular formula is C22H31IN4O2.